The number of hydrogen-bond acceptors (Lipinski definition) is 3. The summed E-state index contributed by atoms with van der Waals surface area (Å²) in [7, 11) is 0. The van der Waals surface area contributed by atoms with Gasteiger partial charge >= 0.3 is 0 Å². The van der Waals surface area contributed by atoms with Crippen LogP contribution in [-0.2, 0) is 6.61 Å². The molecule has 2 aromatic carbocycles. The van der Waals surface area contributed by atoms with Crippen molar-refractivity contribution in [2.45, 2.75) is 13.5 Å². The summed E-state index contributed by atoms with van der Waals surface area (Å²) < 4.78 is 5.88. The van der Waals surface area contributed by atoms with E-state index in [1.54, 1.807) is 42.7 Å². The molecule has 3 aromatic rings. The number of hydrogen-bond donors (Lipinski definition) is 1. The molecular weight excluding hydrogens is 336 g/mol. The van der Waals surface area contributed by atoms with Crippen LogP contribution in [0.2, 0.25) is 5.02 Å². The fraction of sp³-hybridized carbons (Fsp3) is 0.100. The Labute approximate surface area is 151 Å². The third-order valence-corrected chi connectivity index (χ3v) is 4.22. The van der Waals surface area contributed by atoms with E-state index in [-0.39, 0.29) is 5.91 Å². The summed E-state index contributed by atoms with van der Waals surface area (Å²) in [4.78, 5) is 16.5. The zero-order chi connectivity index (χ0) is 17.6. The number of halogens is 1. The fourth-order valence-corrected chi connectivity index (χ4v) is 2.57. The van der Waals surface area contributed by atoms with Crippen molar-refractivity contribution in [2.24, 2.45) is 0 Å². The molecule has 0 saturated heterocycles. The molecule has 1 heterocycles. The van der Waals surface area contributed by atoms with Gasteiger partial charge in [0.05, 0.1) is 17.4 Å². The number of benzene rings is 2. The molecule has 3 rings (SSSR count). The quantitative estimate of drug-likeness (QED) is 0.712. The van der Waals surface area contributed by atoms with Crippen molar-refractivity contribution in [1.82, 2.24) is 4.98 Å². The lowest BCUT2D eigenvalue weighted by Gasteiger charge is -2.13. The largest absolute Gasteiger partial charge is 0.488 e. The summed E-state index contributed by atoms with van der Waals surface area (Å²) >= 11 is 6.14. The van der Waals surface area contributed by atoms with E-state index in [1.807, 2.05) is 31.2 Å². The zero-order valence-electron chi connectivity index (χ0n) is 13.7. The Morgan fingerprint density at radius 2 is 1.96 bits per heavy atom. The minimum Gasteiger partial charge on any atom is -0.488 e. The van der Waals surface area contributed by atoms with Gasteiger partial charge in [0.25, 0.3) is 5.91 Å². The van der Waals surface area contributed by atoms with Gasteiger partial charge in [0.1, 0.15) is 12.4 Å². The van der Waals surface area contributed by atoms with Gasteiger partial charge in [0, 0.05) is 11.2 Å². The summed E-state index contributed by atoms with van der Waals surface area (Å²) in [6.07, 6.45) is 3.25. The second-order valence-corrected chi connectivity index (χ2v) is 5.91. The lowest BCUT2D eigenvalue weighted by Crippen LogP contribution is -2.13. The Morgan fingerprint density at radius 3 is 2.76 bits per heavy atom. The number of rotatable bonds is 5. The average Bonchev–Trinajstić information content (AvgIpc) is 2.64. The Hall–Kier alpha value is -2.85. The van der Waals surface area contributed by atoms with Crippen molar-refractivity contribution in [1.29, 1.82) is 0 Å². The molecular formula is C20H17ClN2O2. The van der Waals surface area contributed by atoms with Crippen molar-refractivity contribution in [3.63, 3.8) is 0 Å². The highest BCUT2D eigenvalue weighted by molar-refractivity contribution is 6.31. The van der Waals surface area contributed by atoms with E-state index in [1.165, 1.54) is 0 Å². The maximum Gasteiger partial charge on any atom is 0.259 e. The Kier molecular flexibility index (Phi) is 5.31. The van der Waals surface area contributed by atoms with Gasteiger partial charge in [-0.2, -0.15) is 0 Å². The molecule has 0 radical (unpaired) electrons. The van der Waals surface area contributed by atoms with Crippen LogP contribution in [0, 0.1) is 6.92 Å². The van der Waals surface area contributed by atoms with E-state index in [4.69, 9.17) is 16.3 Å². The first-order valence-electron chi connectivity index (χ1n) is 7.82. The molecule has 0 saturated carbocycles. The summed E-state index contributed by atoms with van der Waals surface area (Å²) in [6.45, 7) is 2.28. The van der Waals surface area contributed by atoms with Gasteiger partial charge in [0.15, 0.2) is 0 Å². The summed E-state index contributed by atoms with van der Waals surface area (Å²) in [6, 6.07) is 16.4. The van der Waals surface area contributed by atoms with Gasteiger partial charge in [-0.3, -0.25) is 9.78 Å². The van der Waals surface area contributed by atoms with Crippen LogP contribution in [0.15, 0.2) is 67.0 Å². The average molecular weight is 353 g/mol. The lowest BCUT2D eigenvalue weighted by atomic mass is 10.1. The number of ether oxygens (including phenoxy) is 1. The third kappa shape index (κ3) is 4.17. The topological polar surface area (TPSA) is 51.2 Å². The number of carbonyl (C=O) groups excluding carboxylic acids is 1. The Balaban J connectivity index is 1.77. The molecule has 25 heavy (non-hydrogen) atoms. The molecule has 0 aliphatic heterocycles. The van der Waals surface area contributed by atoms with E-state index in [2.05, 4.69) is 10.3 Å². The molecule has 0 aliphatic rings. The SMILES string of the molecule is Cc1c(Cl)cccc1COc1ccccc1C(=O)Nc1cccnc1. The normalized spacial score (nSPS) is 10.3. The van der Waals surface area contributed by atoms with Gasteiger partial charge in [-0.25, -0.2) is 0 Å². The van der Waals surface area contributed by atoms with Crippen LogP contribution < -0.4 is 10.1 Å². The predicted molar refractivity (Wildman–Crippen MR) is 99.2 cm³/mol. The highest BCUT2D eigenvalue weighted by Crippen LogP contribution is 2.23. The summed E-state index contributed by atoms with van der Waals surface area (Å²) in [5.41, 5.74) is 3.05. The number of anilines is 1. The molecule has 0 fully saturated rings. The van der Waals surface area contributed by atoms with E-state index >= 15 is 0 Å². The molecule has 4 nitrogen and oxygen atoms in total. The Morgan fingerprint density at radius 1 is 1.12 bits per heavy atom. The van der Waals surface area contributed by atoms with E-state index in [9.17, 15) is 4.79 Å². The molecule has 0 bridgehead atoms. The number of nitrogens with one attached hydrogen (secondary N) is 1. The van der Waals surface area contributed by atoms with Crippen molar-refractivity contribution in [2.75, 3.05) is 5.32 Å². The van der Waals surface area contributed by atoms with E-state index < -0.39 is 0 Å². The molecule has 1 N–H and O–H groups in total. The van der Waals surface area contributed by atoms with Gasteiger partial charge in [0.2, 0.25) is 0 Å². The highest BCUT2D eigenvalue weighted by atomic mass is 35.5. The molecule has 5 heteroatoms. The smallest absolute Gasteiger partial charge is 0.259 e. The molecule has 1 aromatic heterocycles. The van der Waals surface area contributed by atoms with Crippen molar-refractivity contribution in [3.8, 4) is 5.75 Å². The first-order chi connectivity index (χ1) is 12.1. The maximum absolute atomic E-state index is 12.5. The van der Waals surface area contributed by atoms with E-state index in [0.717, 1.165) is 11.1 Å². The number of pyridine rings is 1. The minimum atomic E-state index is -0.244. The third-order valence-electron chi connectivity index (χ3n) is 3.81. The number of amides is 1. The highest BCUT2D eigenvalue weighted by Gasteiger charge is 2.13. The van der Waals surface area contributed by atoms with Gasteiger partial charge in [-0.1, -0.05) is 35.9 Å². The summed E-state index contributed by atoms with van der Waals surface area (Å²) in [5.74, 6) is 0.273. The zero-order valence-corrected chi connectivity index (χ0v) is 14.5. The van der Waals surface area contributed by atoms with Gasteiger partial charge in [-0.05, 0) is 48.4 Å². The van der Waals surface area contributed by atoms with Crippen LogP contribution in [0.5, 0.6) is 5.75 Å². The van der Waals surface area contributed by atoms with Gasteiger partial charge < -0.3 is 10.1 Å². The molecule has 0 aliphatic carbocycles. The second kappa shape index (κ2) is 7.81. The Bertz CT molecular complexity index is 882. The van der Waals surface area contributed by atoms with E-state index in [0.29, 0.717) is 28.6 Å². The lowest BCUT2D eigenvalue weighted by molar-refractivity contribution is 0.102. The van der Waals surface area contributed by atoms with Crippen molar-refractivity contribution < 1.29 is 9.53 Å². The maximum atomic E-state index is 12.5. The monoisotopic (exact) mass is 352 g/mol. The van der Waals surface area contributed by atoms with Crippen LogP contribution in [0.1, 0.15) is 21.5 Å². The second-order valence-electron chi connectivity index (χ2n) is 5.50. The van der Waals surface area contributed by atoms with Crippen LogP contribution in [0.3, 0.4) is 0 Å². The first-order valence-corrected chi connectivity index (χ1v) is 8.20. The van der Waals surface area contributed by atoms with Crippen LogP contribution >= 0.6 is 11.6 Å². The van der Waals surface area contributed by atoms with Gasteiger partial charge in [-0.15, -0.1) is 0 Å². The fourth-order valence-electron chi connectivity index (χ4n) is 2.38. The molecule has 126 valence electrons. The van der Waals surface area contributed by atoms with Crippen LogP contribution in [0.4, 0.5) is 5.69 Å². The van der Waals surface area contributed by atoms with Crippen molar-refractivity contribution >= 4 is 23.2 Å². The van der Waals surface area contributed by atoms with Crippen LogP contribution in [0.25, 0.3) is 0 Å². The standard InChI is InChI=1S/C20H17ClN2O2/c1-14-15(6-4-9-18(14)21)13-25-19-10-3-2-8-17(19)20(24)23-16-7-5-11-22-12-16/h2-12H,13H2,1H3,(H,23,24). The first kappa shape index (κ1) is 17.0. The number of aromatic nitrogens is 1. The van der Waals surface area contributed by atoms with Crippen LogP contribution in [-0.4, -0.2) is 10.9 Å². The molecule has 0 unspecified atom stereocenters. The number of nitrogens with zero attached hydrogens (tertiary/aromatic N) is 1. The molecule has 1 amide bonds. The molecule has 0 spiro atoms. The molecule has 0 atom stereocenters. The number of para-hydroxylation sites is 1. The summed E-state index contributed by atoms with van der Waals surface area (Å²) in [5, 5.41) is 3.51. The van der Waals surface area contributed by atoms with Crippen molar-refractivity contribution in [3.05, 3.63) is 88.7 Å². The number of carbonyl (C=O) groups is 1. The minimum absolute atomic E-state index is 0.244. The predicted octanol–water partition coefficient (Wildman–Crippen LogP) is 4.87.